The van der Waals surface area contributed by atoms with Gasteiger partial charge in [-0.25, -0.2) is 0 Å². The molecule has 19 heavy (non-hydrogen) atoms. The smallest absolute Gasteiger partial charge is 0.0874 e. The van der Waals surface area contributed by atoms with Crippen LogP contribution in [0.15, 0.2) is 29.2 Å². The Morgan fingerprint density at radius 1 is 1.47 bits per heavy atom. The van der Waals surface area contributed by atoms with Gasteiger partial charge in [0.2, 0.25) is 0 Å². The summed E-state index contributed by atoms with van der Waals surface area (Å²) in [6.07, 6.45) is 2.39. The van der Waals surface area contributed by atoms with Crippen molar-refractivity contribution in [2.75, 3.05) is 37.8 Å². The molecule has 1 aromatic rings. The van der Waals surface area contributed by atoms with Gasteiger partial charge in [0.15, 0.2) is 0 Å². The number of anilines is 1. The fraction of sp³-hybridized carbons (Fsp3) is 0.600. The Labute approximate surface area is 120 Å². The third-order valence-electron chi connectivity index (χ3n) is 3.50. The van der Waals surface area contributed by atoms with Crippen LogP contribution in [0.25, 0.3) is 0 Å². The Kier molecular flexibility index (Phi) is 5.55. The largest absolute Gasteiger partial charge is 0.382 e. The van der Waals surface area contributed by atoms with Gasteiger partial charge in [-0.3, -0.25) is 4.90 Å². The molecule has 3 nitrogen and oxygen atoms in total. The van der Waals surface area contributed by atoms with Crippen LogP contribution >= 0.6 is 11.8 Å². The molecule has 0 aromatic heterocycles. The van der Waals surface area contributed by atoms with Gasteiger partial charge in [0, 0.05) is 36.3 Å². The molecule has 1 unspecified atom stereocenters. The predicted octanol–water partition coefficient (Wildman–Crippen LogP) is 2.93. The lowest BCUT2D eigenvalue weighted by Gasteiger charge is -2.35. The number of hydrogen-bond acceptors (Lipinski definition) is 4. The molecular weight excluding hydrogens is 256 g/mol. The van der Waals surface area contributed by atoms with E-state index in [4.69, 9.17) is 4.74 Å². The number of nitrogens with zero attached hydrogens (tertiary/aromatic N) is 1. The molecule has 106 valence electrons. The molecule has 1 atom stereocenters. The zero-order valence-electron chi connectivity index (χ0n) is 12.1. The van der Waals surface area contributed by atoms with E-state index >= 15 is 0 Å². The molecule has 0 bridgehead atoms. The van der Waals surface area contributed by atoms with Crippen LogP contribution in [0.5, 0.6) is 0 Å². The molecule has 0 spiro atoms. The predicted molar refractivity (Wildman–Crippen MR) is 83.2 cm³/mol. The zero-order chi connectivity index (χ0) is 13.7. The molecule has 1 heterocycles. The fourth-order valence-electron chi connectivity index (χ4n) is 2.30. The maximum atomic E-state index is 5.83. The van der Waals surface area contributed by atoms with Crippen LogP contribution in [-0.2, 0) is 4.74 Å². The van der Waals surface area contributed by atoms with Crippen molar-refractivity contribution in [3.8, 4) is 0 Å². The first-order valence-electron chi connectivity index (χ1n) is 6.92. The highest BCUT2D eigenvalue weighted by Gasteiger charge is 2.21. The van der Waals surface area contributed by atoms with E-state index in [0.29, 0.717) is 6.04 Å². The molecule has 2 rings (SSSR count). The Morgan fingerprint density at radius 3 is 3.05 bits per heavy atom. The van der Waals surface area contributed by atoms with Crippen LogP contribution in [0.2, 0.25) is 0 Å². The second kappa shape index (κ2) is 7.17. The standard InChI is InChI=1S/C15H24N2OS/c1-12(2)17-7-8-18-14(11-17)10-16-13-5-4-6-15(9-13)19-3/h4-6,9,12,14,16H,7-8,10-11H2,1-3H3. The molecule has 4 heteroatoms. The highest BCUT2D eigenvalue weighted by Crippen LogP contribution is 2.19. The Bertz CT molecular complexity index is 397. The summed E-state index contributed by atoms with van der Waals surface area (Å²) < 4.78 is 5.83. The Hall–Kier alpha value is -0.710. The lowest BCUT2D eigenvalue weighted by molar-refractivity contribution is -0.0315. The van der Waals surface area contributed by atoms with Crippen LogP contribution in [-0.4, -0.2) is 49.5 Å². The molecular formula is C15H24N2OS. The number of nitrogens with one attached hydrogen (secondary N) is 1. The number of ether oxygens (including phenoxy) is 1. The van der Waals surface area contributed by atoms with Gasteiger partial charge in [-0.05, 0) is 38.3 Å². The molecule has 0 saturated carbocycles. The molecule has 1 saturated heterocycles. The topological polar surface area (TPSA) is 24.5 Å². The van der Waals surface area contributed by atoms with E-state index in [1.807, 2.05) is 0 Å². The Balaban J connectivity index is 1.84. The minimum Gasteiger partial charge on any atom is -0.382 e. The molecule has 1 aliphatic heterocycles. The van der Waals surface area contributed by atoms with Crippen molar-refractivity contribution in [2.24, 2.45) is 0 Å². The minimum absolute atomic E-state index is 0.286. The van der Waals surface area contributed by atoms with Crippen LogP contribution in [0.1, 0.15) is 13.8 Å². The summed E-state index contributed by atoms with van der Waals surface area (Å²) in [6.45, 7) is 8.29. The van der Waals surface area contributed by atoms with Gasteiger partial charge in [0.05, 0.1) is 12.7 Å². The summed E-state index contributed by atoms with van der Waals surface area (Å²) in [6, 6.07) is 9.13. The van der Waals surface area contributed by atoms with Gasteiger partial charge in [-0.2, -0.15) is 0 Å². The van der Waals surface area contributed by atoms with Crippen molar-refractivity contribution in [2.45, 2.75) is 30.9 Å². The van der Waals surface area contributed by atoms with E-state index in [2.05, 4.69) is 54.6 Å². The third-order valence-corrected chi connectivity index (χ3v) is 4.23. The number of morpholine rings is 1. The highest BCUT2D eigenvalue weighted by atomic mass is 32.2. The van der Waals surface area contributed by atoms with E-state index in [1.54, 1.807) is 11.8 Å². The number of hydrogen-bond donors (Lipinski definition) is 1. The normalized spacial score (nSPS) is 20.7. The zero-order valence-corrected chi connectivity index (χ0v) is 12.9. The molecule has 0 radical (unpaired) electrons. The highest BCUT2D eigenvalue weighted by molar-refractivity contribution is 7.98. The molecule has 0 amide bonds. The first-order chi connectivity index (χ1) is 9.19. The van der Waals surface area contributed by atoms with Gasteiger partial charge < -0.3 is 10.1 Å². The lowest BCUT2D eigenvalue weighted by Crippen LogP contribution is -2.48. The SMILES string of the molecule is CSc1cccc(NCC2CN(C(C)C)CCO2)c1. The molecule has 1 aliphatic rings. The summed E-state index contributed by atoms with van der Waals surface area (Å²) >= 11 is 1.77. The van der Waals surface area contributed by atoms with E-state index in [-0.39, 0.29) is 6.10 Å². The third kappa shape index (κ3) is 4.41. The van der Waals surface area contributed by atoms with Crippen LogP contribution in [0, 0.1) is 0 Å². The molecule has 1 fully saturated rings. The van der Waals surface area contributed by atoms with Gasteiger partial charge in [0.25, 0.3) is 0 Å². The van der Waals surface area contributed by atoms with Crippen molar-refractivity contribution in [1.29, 1.82) is 0 Å². The second-order valence-electron chi connectivity index (χ2n) is 5.19. The molecule has 1 aromatic carbocycles. The van der Waals surface area contributed by atoms with Crippen LogP contribution in [0.4, 0.5) is 5.69 Å². The summed E-state index contributed by atoms with van der Waals surface area (Å²) in [4.78, 5) is 3.77. The van der Waals surface area contributed by atoms with Crippen LogP contribution < -0.4 is 5.32 Å². The fourth-order valence-corrected chi connectivity index (χ4v) is 2.76. The van der Waals surface area contributed by atoms with Crippen molar-refractivity contribution < 1.29 is 4.74 Å². The maximum Gasteiger partial charge on any atom is 0.0874 e. The first kappa shape index (κ1) is 14.7. The monoisotopic (exact) mass is 280 g/mol. The number of benzene rings is 1. The van der Waals surface area contributed by atoms with E-state index in [1.165, 1.54) is 10.6 Å². The average Bonchev–Trinajstić information content (AvgIpc) is 2.45. The molecule has 0 aliphatic carbocycles. The van der Waals surface area contributed by atoms with Gasteiger partial charge >= 0.3 is 0 Å². The minimum atomic E-state index is 0.286. The van der Waals surface area contributed by atoms with E-state index < -0.39 is 0 Å². The molecule has 1 N–H and O–H groups in total. The number of rotatable bonds is 5. The first-order valence-corrected chi connectivity index (χ1v) is 8.15. The van der Waals surface area contributed by atoms with Crippen LogP contribution in [0.3, 0.4) is 0 Å². The van der Waals surface area contributed by atoms with Gasteiger partial charge in [-0.15, -0.1) is 11.8 Å². The second-order valence-corrected chi connectivity index (χ2v) is 6.07. The maximum absolute atomic E-state index is 5.83. The summed E-state index contributed by atoms with van der Waals surface area (Å²) in [5.41, 5.74) is 1.18. The quantitative estimate of drug-likeness (QED) is 0.838. The average molecular weight is 280 g/mol. The van der Waals surface area contributed by atoms with E-state index in [0.717, 1.165) is 26.2 Å². The van der Waals surface area contributed by atoms with Crippen molar-refractivity contribution in [1.82, 2.24) is 4.90 Å². The summed E-state index contributed by atoms with van der Waals surface area (Å²) in [5.74, 6) is 0. The Morgan fingerprint density at radius 2 is 2.32 bits per heavy atom. The van der Waals surface area contributed by atoms with Crippen molar-refractivity contribution >= 4 is 17.4 Å². The van der Waals surface area contributed by atoms with Gasteiger partial charge in [0.1, 0.15) is 0 Å². The lowest BCUT2D eigenvalue weighted by atomic mass is 10.2. The van der Waals surface area contributed by atoms with Gasteiger partial charge in [-0.1, -0.05) is 6.07 Å². The summed E-state index contributed by atoms with van der Waals surface area (Å²) in [7, 11) is 0. The van der Waals surface area contributed by atoms with Crippen molar-refractivity contribution in [3.05, 3.63) is 24.3 Å². The summed E-state index contributed by atoms with van der Waals surface area (Å²) in [5, 5.41) is 3.48. The van der Waals surface area contributed by atoms with E-state index in [9.17, 15) is 0 Å². The number of thioether (sulfide) groups is 1. The van der Waals surface area contributed by atoms with Crippen molar-refractivity contribution in [3.63, 3.8) is 0 Å².